The molecule has 2 rings (SSSR count). The Hall–Kier alpha value is -1.30. The molecule has 0 aliphatic carbocycles. The van der Waals surface area contributed by atoms with Gasteiger partial charge in [-0.25, -0.2) is 4.98 Å². The van der Waals surface area contributed by atoms with Gasteiger partial charge >= 0.3 is 0 Å². The van der Waals surface area contributed by atoms with E-state index in [1.807, 2.05) is 24.4 Å². The number of methoxy groups -OCH3 is 2. The summed E-state index contributed by atoms with van der Waals surface area (Å²) in [6.45, 7) is 3.37. The maximum Gasteiger partial charge on any atom is 0.179 e. The van der Waals surface area contributed by atoms with Gasteiger partial charge in [0.2, 0.25) is 0 Å². The number of nitrogens with one attached hydrogen (secondary N) is 1. The molecule has 0 aliphatic rings. The Morgan fingerprint density at radius 2 is 2.05 bits per heavy atom. The maximum atomic E-state index is 6.32. The van der Waals surface area contributed by atoms with E-state index in [2.05, 4.69) is 10.3 Å². The summed E-state index contributed by atoms with van der Waals surface area (Å²) in [6.07, 6.45) is 0. The fourth-order valence-corrected chi connectivity index (χ4v) is 2.90. The smallest absolute Gasteiger partial charge is 0.179 e. The summed E-state index contributed by atoms with van der Waals surface area (Å²) >= 11 is 7.97. The van der Waals surface area contributed by atoms with Crippen molar-refractivity contribution in [1.29, 1.82) is 0 Å². The predicted molar refractivity (Wildman–Crippen MR) is 82.0 cm³/mol. The Kier molecular flexibility index (Phi) is 5.23. The first kappa shape index (κ1) is 15.1. The summed E-state index contributed by atoms with van der Waals surface area (Å²) in [6, 6.07) is 3.79. The van der Waals surface area contributed by atoms with Crippen molar-refractivity contribution in [2.24, 2.45) is 0 Å². The SMILES string of the molecule is COc1ccc(CNCc2nc(C)cs2)c(Cl)c1OC. The zero-order valence-electron chi connectivity index (χ0n) is 11.7. The normalized spacial score (nSPS) is 10.6. The molecule has 0 aliphatic heterocycles. The van der Waals surface area contributed by atoms with E-state index in [9.17, 15) is 0 Å². The Morgan fingerprint density at radius 1 is 1.25 bits per heavy atom. The van der Waals surface area contributed by atoms with Gasteiger partial charge in [0, 0.05) is 24.2 Å². The highest BCUT2D eigenvalue weighted by Gasteiger charge is 2.12. The number of rotatable bonds is 6. The number of ether oxygens (including phenoxy) is 2. The number of nitrogens with zero attached hydrogens (tertiary/aromatic N) is 1. The number of aromatic nitrogens is 1. The average molecular weight is 313 g/mol. The van der Waals surface area contributed by atoms with Crippen LogP contribution in [0.4, 0.5) is 0 Å². The first-order chi connectivity index (χ1) is 9.65. The molecule has 0 unspecified atom stereocenters. The minimum atomic E-state index is 0.568. The number of aryl methyl sites for hydroxylation is 1. The van der Waals surface area contributed by atoms with Crippen LogP contribution in [0, 0.1) is 6.92 Å². The van der Waals surface area contributed by atoms with Crippen molar-refractivity contribution in [3.8, 4) is 11.5 Å². The van der Waals surface area contributed by atoms with Gasteiger partial charge in [0.15, 0.2) is 11.5 Å². The molecule has 0 atom stereocenters. The molecule has 0 saturated carbocycles. The Morgan fingerprint density at radius 3 is 2.65 bits per heavy atom. The summed E-state index contributed by atoms with van der Waals surface area (Å²) in [5.41, 5.74) is 2.02. The quantitative estimate of drug-likeness (QED) is 0.887. The third-order valence-corrected chi connectivity index (χ3v) is 4.20. The van der Waals surface area contributed by atoms with Crippen LogP contribution in [-0.4, -0.2) is 19.2 Å². The first-order valence-corrected chi connectivity index (χ1v) is 7.42. The lowest BCUT2D eigenvalue weighted by Gasteiger charge is -2.13. The van der Waals surface area contributed by atoms with Gasteiger partial charge in [0.25, 0.3) is 0 Å². The molecule has 0 radical (unpaired) electrons. The van der Waals surface area contributed by atoms with Crippen molar-refractivity contribution in [3.05, 3.63) is 38.8 Å². The van der Waals surface area contributed by atoms with Crippen LogP contribution in [0.3, 0.4) is 0 Å². The summed E-state index contributed by atoms with van der Waals surface area (Å²) in [7, 11) is 3.18. The van der Waals surface area contributed by atoms with Crippen LogP contribution >= 0.6 is 22.9 Å². The summed E-state index contributed by atoms with van der Waals surface area (Å²) in [4.78, 5) is 4.40. The zero-order valence-corrected chi connectivity index (χ0v) is 13.3. The topological polar surface area (TPSA) is 43.4 Å². The van der Waals surface area contributed by atoms with Crippen molar-refractivity contribution in [1.82, 2.24) is 10.3 Å². The van der Waals surface area contributed by atoms with Gasteiger partial charge in [-0.3, -0.25) is 0 Å². The van der Waals surface area contributed by atoms with E-state index in [0.717, 1.165) is 22.8 Å². The second-order valence-corrected chi connectivity index (χ2v) is 5.58. The van der Waals surface area contributed by atoms with Crippen molar-refractivity contribution in [2.75, 3.05) is 14.2 Å². The number of hydrogen-bond donors (Lipinski definition) is 1. The zero-order chi connectivity index (χ0) is 14.5. The standard InChI is InChI=1S/C14H17ClN2O2S/c1-9-8-20-12(17-9)7-16-6-10-4-5-11(18-2)14(19-3)13(10)15/h4-5,8,16H,6-7H2,1-3H3. The molecule has 20 heavy (non-hydrogen) atoms. The van der Waals surface area contributed by atoms with E-state index >= 15 is 0 Å². The number of thiazole rings is 1. The van der Waals surface area contributed by atoms with Crippen molar-refractivity contribution in [3.63, 3.8) is 0 Å². The van der Waals surface area contributed by atoms with Crippen LogP contribution < -0.4 is 14.8 Å². The van der Waals surface area contributed by atoms with E-state index in [4.69, 9.17) is 21.1 Å². The van der Waals surface area contributed by atoms with Crippen LogP contribution in [-0.2, 0) is 13.1 Å². The highest BCUT2D eigenvalue weighted by molar-refractivity contribution is 7.09. The van der Waals surface area contributed by atoms with Crippen LogP contribution in [0.25, 0.3) is 0 Å². The second kappa shape index (κ2) is 6.92. The molecule has 0 saturated heterocycles. The first-order valence-electron chi connectivity index (χ1n) is 6.16. The Bertz CT molecular complexity index is 587. The molecule has 1 heterocycles. The summed E-state index contributed by atoms with van der Waals surface area (Å²) in [5, 5.41) is 7.02. The monoisotopic (exact) mass is 312 g/mol. The average Bonchev–Trinajstić information content (AvgIpc) is 2.86. The van der Waals surface area contributed by atoms with Gasteiger partial charge in [0.05, 0.1) is 19.2 Å². The Labute approximate surface area is 127 Å². The lowest BCUT2D eigenvalue weighted by Crippen LogP contribution is -2.13. The number of halogens is 1. The molecule has 4 nitrogen and oxygen atoms in total. The highest BCUT2D eigenvalue weighted by atomic mass is 35.5. The van der Waals surface area contributed by atoms with Gasteiger partial charge in [-0.05, 0) is 18.6 Å². The molecular weight excluding hydrogens is 296 g/mol. The maximum absolute atomic E-state index is 6.32. The van der Waals surface area contributed by atoms with E-state index in [1.165, 1.54) is 0 Å². The van der Waals surface area contributed by atoms with Crippen LogP contribution in [0.2, 0.25) is 5.02 Å². The minimum absolute atomic E-state index is 0.568. The van der Waals surface area contributed by atoms with Crippen molar-refractivity contribution >= 4 is 22.9 Å². The van der Waals surface area contributed by atoms with Crippen LogP contribution in [0.5, 0.6) is 11.5 Å². The number of benzene rings is 1. The lowest BCUT2D eigenvalue weighted by atomic mass is 10.2. The number of hydrogen-bond acceptors (Lipinski definition) is 5. The van der Waals surface area contributed by atoms with Crippen molar-refractivity contribution in [2.45, 2.75) is 20.0 Å². The molecule has 0 amide bonds. The molecule has 0 fully saturated rings. The molecule has 2 aromatic rings. The van der Waals surface area contributed by atoms with Crippen LogP contribution in [0.15, 0.2) is 17.5 Å². The van der Waals surface area contributed by atoms with E-state index < -0.39 is 0 Å². The predicted octanol–water partition coefficient (Wildman–Crippen LogP) is 3.41. The largest absolute Gasteiger partial charge is 0.493 e. The lowest BCUT2D eigenvalue weighted by molar-refractivity contribution is 0.354. The second-order valence-electron chi connectivity index (χ2n) is 4.26. The summed E-state index contributed by atoms with van der Waals surface area (Å²) in [5.74, 6) is 1.20. The molecule has 1 aromatic carbocycles. The fourth-order valence-electron chi connectivity index (χ4n) is 1.85. The minimum Gasteiger partial charge on any atom is -0.493 e. The molecule has 1 N–H and O–H groups in total. The van der Waals surface area contributed by atoms with Gasteiger partial charge in [-0.2, -0.15) is 0 Å². The molecule has 6 heteroatoms. The van der Waals surface area contributed by atoms with Crippen LogP contribution in [0.1, 0.15) is 16.3 Å². The fraction of sp³-hybridized carbons (Fsp3) is 0.357. The van der Waals surface area contributed by atoms with Gasteiger partial charge < -0.3 is 14.8 Å². The van der Waals surface area contributed by atoms with E-state index in [1.54, 1.807) is 25.6 Å². The van der Waals surface area contributed by atoms with Gasteiger partial charge in [-0.1, -0.05) is 17.7 Å². The molecule has 108 valence electrons. The van der Waals surface area contributed by atoms with Crippen molar-refractivity contribution < 1.29 is 9.47 Å². The third kappa shape index (κ3) is 3.42. The Balaban J connectivity index is 2.02. The summed E-state index contributed by atoms with van der Waals surface area (Å²) < 4.78 is 10.5. The van der Waals surface area contributed by atoms with Gasteiger partial charge in [0.1, 0.15) is 5.01 Å². The molecule has 1 aromatic heterocycles. The highest BCUT2D eigenvalue weighted by Crippen LogP contribution is 2.37. The third-order valence-electron chi connectivity index (χ3n) is 2.82. The molecular formula is C14H17ClN2O2S. The van der Waals surface area contributed by atoms with E-state index in [0.29, 0.717) is 23.1 Å². The van der Waals surface area contributed by atoms with Gasteiger partial charge in [-0.15, -0.1) is 11.3 Å². The molecule has 0 bridgehead atoms. The van der Waals surface area contributed by atoms with E-state index in [-0.39, 0.29) is 0 Å². The molecule has 0 spiro atoms.